The molecule has 8 heteroatoms. The van der Waals surface area contributed by atoms with Crippen LogP contribution in [0.2, 0.25) is 0 Å². The van der Waals surface area contributed by atoms with Gasteiger partial charge in [0, 0.05) is 18.0 Å². The summed E-state index contributed by atoms with van der Waals surface area (Å²) >= 11 is 0. The van der Waals surface area contributed by atoms with E-state index in [0.29, 0.717) is 24.1 Å². The van der Waals surface area contributed by atoms with Crippen LogP contribution in [0, 0.1) is 5.92 Å². The molecule has 3 heterocycles. The van der Waals surface area contributed by atoms with Gasteiger partial charge in [-0.3, -0.25) is 9.78 Å². The largest absolute Gasteiger partial charge is 0.393 e. The minimum absolute atomic E-state index is 0.178. The second-order valence-corrected chi connectivity index (χ2v) is 5.99. The maximum absolute atomic E-state index is 12.6. The minimum atomic E-state index is -0.295. The second kappa shape index (κ2) is 5.97. The molecule has 1 aliphatic carbocycles. The molecule has 0 bridgehead atoms. The third-order valence-electron chi connectivity index (χ3n) is 4.37. The van der Waals surface area contributed by atoms with Crippen molar-refractivity contribution in [3.63, 3.8) is 0 Å². The monoisotopic (exact) mass is 324 g/mol. The molecule has 0 spiro atoms. The lowest BCUT2D eigenvalue weighted by atomic mass is 9.76. The minimum Gasteiger partial charge on any atom is -0.393 e. The van der Waals surface area contributed by atoms with Gasteiger partial charge in [-0.1, -0.05) is 6.07 Å². The Hall–Kier alpha value is -2.87. The summed E-state index contributed by atoms with van der Waals surface area (Å²) in [5.74, 6) is -0.0325. The molecule has 4 rings (SSSR count). The number of carbonyl (C=O) groups excluding carboxylic acids is 1. The summed E-state index contributed by atoms with van der Waals surface area (Å²) in [6.45, 7) is 0. The number of rotatable bonds is 4. The SMILES string of the molecule is O=C(N[C@H](c1ccccn1)C1CC(O)C1)c1ccn2nnnc2c1. The third-order valence-corrected chi connectivity index (χ3v) is 4.37. The summed E-state index contributed by atoms with van der Waals surface area (Å²) < 4.78 is 1.50. The van der Waals surface area contributed by atoms with Crippen molar-refractivity contribution in [1.29, 1.82) is 0 Å². The van der Waals surface area contributed by atoms with E-state index in [-0.39, 0.29) is 24.0 Å². The molecule has 24 heavy (non-hydrogen) atoms. The Morgan fingerprint density at radius 1 is 1.33 bits per heavy atom. The maximum Gasteiger partial charge on any atom is 0.252 e. The van der Waals surface area contributed by atoms with Gasteiger partial charge in [-0.25, -0.2) is 4.52 Å². The fourth-order valence-corrected chi connectivity index (χ4v) is 3.00. The number of carbonyl (C=O) groups is 1. The summed E-state index contributed by atoms with van der Waals surface area (Å²) in [6, 6.07) is 8.70. The number of tetrazole rings is 1. The van der Waals surface area contributed by atoms with Crippen LogP contribution in [0.25, 0.3) is 5.65 Å². The molecule has 1 atom stereocenters. The Labute approximate surface area is 137 Å². The van der Waals surface area contributed by atoms with Crippen LogP contribution >= 0.6 is 0 Å². The van der Waals surface area contributed by atoms with Gasteiger partial charge in [-0.2, -0.15) is 0 Å². The van der Waals surface area contributed by atoms with Crippen LogP contribution < -0.4 is 5.32 Å². The molecule has 0 aliphatic heterocycles. The summed E-state index contributed by atoms with van der Waals surface area (Å²) in [7, 11) is 0. The molecular weight excluding hydrogens is 308 g/mol. The Kier molecular flexibility index (Phi) is 3.66. The van der Waals surface area contributed by atoms with E-state index in [1.54, 1.807) is 24.5 Å². The molecule has 3 aromatic heterocycles. The lowest BCUT2D eigenvalue weighted by molar-refractivity contribution is 0.0228. The molecule has 3 aromatic rings. The van der Waals surface area contributed by atoms with Crippen LogP contribution in [-0.4, -0.2) is 42.1 Å². The van der Waals surface area contributed by atoms with Crippen molar-refractivity contribution in [2.24, 2.45) is 5.92 Å². The molecule has 122 valence electrons. The molecule has 8 nitrogen and oxygen atoms in total. The number of nitrogens with zero attached hydrogens (tertiary/aromatic N) is 5. The number of aromatic nitrogens is 5. The molecule has 1 fully saturated rings. The molecule has 0 saturated heterocycles. The van der Waals surface area contributed by atoms with Crippen LogP contribution in [0.4, 0.5) is 0 Å². The molecule has 0 unspecified atom stereocenters. The molecule has 2 N–H and O–H groups in total. The van der Waals surface area contributed by atoms with Crippen molar-refractivity contribution >= 4 is 11.6 Å². The number of aliphatic hydroxyl groups excluding tert-OH is 1. The van der Waals surface area contributed by atoms with E-state index in [9.17, 15) is 9.90 Å². The summed E-state index contributed by atoms with van der Waals surface area (Å²) in [5.41, 5.74) is 1.79. The zero-order valence-corrected chi connectivity index (χ0v) is 12.8. The first-order valence-electron chi connectivity index (χ1n) is 7.78. The highest BCUT2D eigenvalue weighted by molar-refractivity contribution is 5.95. The van der Waals surface area contributed by atoms with E-state index in [4.69, 9.17) is 0 Å². The fraction of sp³-hybridized carbons (Fsp3) is 0.312. The first kappa shape index (κ1) is 14.7. The average Bonchev–Trinajstić information content (AvgIpc) is 3.05. The van der Waals surface area contributed by atoms with Gasteiger partial charge in [-0.15, -0.1) is 5.10 Å². The van der Waals surface area contributed by atoms with Gasteiger partial charge >= 0.3 is 0 Å². The van der Waals surface area contributed by atoms with Gasteiger partial charge in [0.1, 0.15) is 0 Å². The van der Waals surface area contributed by atoms with E-state index in [2.05, 4.69) is 25.8 Å². The number of hydrogen-bond donors (Lipinski definition) is 2. The van der Waals surface area contributed by atoms with Gasteiger partial charge in [-0.05, 0) is 53.5 Å². The Morgan fingerprint density at radius 3 is 2.96 bits per heavy atom. The van der Waals surface area contributed by atoms with Gasteiger partial charge in [0.2, 0.25) is 0 Å². The molecule has 0 radical (unpaired) electrons. The molecular formula is C16H16N6O2. The maximum atomic E-state index is 12.6. The normalized spacial score (nSPS) is 21.2. The van der Waals surface area contributed by atoms with Crippen molar-refractivity contribution in [3.05, 3.63) is 54.0 Å². The lowest BCUT2D eigenvalue weighted by Crippen LogP contribution is -2.41. The van der Waals surface area contributed by atoms with Crippen molar-refractivity contribution < 1.29 is 9.90 Å². The van der Waals surface area contributed by atoms with E-state index < -0.39 is 0 Å². The fourth-order valence-electron chi connectivity index (χ4n) is 3.00. The van der Waals surface area contributed by atoms with Crippen LogP contribution in [0.3, 0.4) is 0 Å². The number of amides is 1. The van der Waals surface area contributed by atoms with Gasteiger partial charge in [0.05, 0.1) is 17.8 Å². The van der Waals surface area contributed by atoms with Crippen molar-refractivity contribution in [2.45, 2.75) is 25.0 Å². The number of fused-ring (bicyclic) bond motifs is 1. The average molecular weight is 324 g/mol. The Balaban J connectivity index is 1.58. The smallest absolute Gasteiger partial charge is 0.252 e. The molecule has 0 aromatic carbocycles. The number of hydrogen-bond acceptors (Lipinski definition) is 6. The highest BCUT2D eigenvalue weighted by atomic mass is 16.3. The third kappa shape index (κ3) is 2.71. The van der Waals surface area contributed by atoms with Crippen LogP contribution in [0.5, 0.6) is 0 Å². The van der Waals surface area contributed by atoms with Crippen molar-refractivity contribution in [3.8, 4) is 0 Å². The number of pyridine rings is 2. The van der Waals surface area contributed by atoms with E-state index in [1.165, 1.54) is 4.52 Å². The highest BCUT2D eigenvalue weighted by Gasteiger charge is 2.36. The quantitative estimate of drug-likeness (QED) is 0.734. The summed E-state index contributed by atoms with van der Waals surface area (Å²) in [6.07, 6.45) is 4.38. The number of aliphatic hydroxyl groups is 1. The van der Waals surface area contributed by atoms with E-state index in [0.717, 1.165) is 5.69 Å². The van der Waals surface area contributed by atoms with E-state index >= 15 is 0 Å². The van der Waals surface area contributed by atoms with Crippen LogP contribution in [0.1, 0.15) is 34.9 Å². The molecule has 1 amide bonds. The van der Waals surface area contributed by atoms with Crippen LogP contribution in [-0.2, 0) is 0 Å². The van der Waals surface area contributed by atoms with Gasteiger partial charge in [0.15, 0.2) is 5.65 Å². The highest BCUT2D eigenvalue weighted by Crippen LogP contribution is 2.37. The predicted molar refractivity (Wildman–Crippen MR) is 84.0 cm³/mol. The first-order chi connectivity index (χ1) is 11.7. The topological polar surface area (TPSA) is 105 Å². The standard InChI is InChI=1S/C16H16N6O2/c23-12-7-11(8-12)15(13-3-1-2-5-17-13)18-16(24)10-4-6-22-14(9-10)19-20-21-22/h1-6,9,11-12,15,23H,7-8H2,(H,18,24)/t11?,12?,15-/m0/s1. The molecule has 1 aliphatic rings. The second-order valence-electron chi connectivity index (χ2n) is 5.99. The van der Waals surface area contributed by atoms with Gasteiger partial charge < -0.3 is 10.4 Å². The van der Waals surface area contributed by atoms with Crippen LogP contribution in [0.15, 0.2) is 42.7 Å². The zero-order valence-electron chi connectivity index (χ0n) is 12.8. The Morgan fingerprint density at radius 2 is 2.21 bits per heavy atom. The Bertz CT molecular complexity index is 859. The number of nitrogens with one attached hydrogen (secondary N) is 1. The van der Waals surface area contributed by atoms with Gasteiger partial charge in [0.25, 0.3) is 5.91 Å². The van der Waals surface area contributed by atoms with Crippen molar-refractivity contribution in [1.82, 2.24) is 30.3 Å². The van der Waals surface area contributed by atoms with E-state index in [1.807, 2.05) is 18.2 Å². The zero-order chi connectivity index (χ0) is 16.5. The van der Waals surface area contributed by atoms with Crippen molar-refractivity contribution in [2.75, 3.05) is 0 Å². The predicted octanol–water partition coefficient (Wildman–Crippen LogP) is 0.761. The summed E-state index contributed by atoms with van der Waals surface area (Å²) in [5, 5.41) is 23.8. The first-order valence-corrected chi connectivity index (χ1v) is 7.78. The molecule has 1 saturated carbocycles. The lowest BCUT2D eigenvalue weighted by Gasteiger charge is -2.37. The summed E-state index contributed by atoms with van der Waals surface area (Å²) in [4.78, 5) is 17.0.